The van der Waals surface area contributed by atoms with Crippen molar-refractivity contribution in [1.29, 1.82) is 0 Å². The lowest BCUT2D eigenvalue weighted by Gasteiger charge is -2.23. The van der Waals surface area contributed by atoms with E-state index in [0.717, 1.165) is 12.8 Å². The second-order valence-electron chi connectivity index (χ2n) is 8.52. The molecule has 1 aromatic heterocycles. The van der Waals surface area contributed by atoms with Crippen molar-refractivity contribution in [3.8, 4) is 0 Å². The first-order valence-electron chi connectivity index (χ1n) is 10.9. The molecule has 0 bridgehead atoms. The Kier molecular flexibility index (Phi) is 6.37. The molecular formula is C24H25F3N2O3S. The monoisotopic (exact) mass is 478 g/mol. The van der Waals surface area contributed by atoms with Crippen LogP contribution in [0.3, 0.4) is 0 Å². The van der Waals surface area contributed by atoms with Gasteiger partial charge in [0.25, 0.3) is 0 Å². The number of alkyl halides is 3. The van der Waals surface area contributed by atoms with Gasteiger partial charge in [-0.2, -0.15) is 17.5 Å². The van der Waals surface area contributed by atoms with E-state index in [1.807, 2.05) is 6.92 Å². The molecule has 1 aliphatic rings. The summed E-state index contributed by atoms with van der Waals surface area (Å²) in [5, 5.41) is 0.482. The number of nitrogens with one attached hydrogen (secondary N) is 1. The van der Waals surface area contributed by atoms with E-state index in [-0.39, 0.29) is 21.6 Å². The zero-order chi connectivity index (χ0) is 23.8. The van der Waals surface area contributed by atoms with E-state index in [0.29, 0.717) is 36.3 Å². The second kappa shape index (κ2) is 8.95. The Morgan fingerprint density at radius 1 is 1.03 bits per heavy atom. The summed E-state index contributed by atoms with van der Waals surface area (Å²) in [5.74, 6) is -1.56. The number of fused-ring (bicyclic) bond motifs is 1. The number of hydrogen-bond donors (Lipinski definition) is 1. The Balaban J connectivity index is 1.68. The van der Waals surface area contributed by atoms with E-state index in [9.17, 15) is 26.4 Å². The minimum absolute atomic E-state index is 0.00244. The number of sulfonamides is 1. The number of rotatable bonds is 8. The van der Waals surface area contributed by atoms with Crippen LogP contribution < -0.4 is 5.56 Å². The minimum Gasteiger partial charge on any atom is -0.322 e. The fourth-order valence-electron chi connectivity index (χ4n) is 4.05. The predicted octanol–water partition coefficient (Wildman–Crippen LogP) is 5.03. The molecule has 2 aromatic carbocycles. The second-order valence-corrected chi connectivity index (χ2v) is 10.5. The molecule has 0 spiro atoms. The standard InChI is InChI=1S/C24H25F3N2O3S/c1-2-13-29(15-16-3-4-16)33(31,32)20-9-5-17(6-10-20)23(24(25,26)27)19-7-11-21-18(14-19)8-12-22(30)28-21/h5-12,14,16,23H,2-4,13,15H2,1H3,(H,28,30). The van der Waals surface area contributed by atoms with Gasteiger partial charge in [0.1, 0.15) is 5.92 Å². The highest BCUT2D eigenvalue weighted by Gasteiger charge is 2.42. The van der Waals surface area contributed by atoms with Gasteiger partial charge in [-0.25, -0.2) is 8.42 Å². The Labute approximate surface area is 190 Å². The third-order valence-corrected chi connectivity index (χ3v) is 7.77. The number of benzene rings is 2. The zero-order valence-electron chi connectivity index (χ0n) is 18.1. The molecule has 0 amide bonds. The zero-order valence-corrected chi connectivity index (χ0v) is 18.9. The van der Waals surface area contributed by atoms with Crippen molar-refractivity contribution in [2.24, 2.45) is 5.92 Å². The van der Waals surface area contributed by atoms with Gasteiger partial charge in [-0.15, -0.1) is 0 Å². The Morgan fingerprint density at radius 3 is 2.30 bits per heavy atom. The third kappa shape index (κ3) is 5.14. The van der Waals surface area contributed by atoms with Gasteiger partial charge >= 0.3 is 6.18 Å². The minimum atomic E-state index is -4.59. The van der Waals surface area contributed by atoms with Crippen LogP contribution >= 0.6 is 0 Å². The summed E-state index contributed by atoms with van der Waals surface area (Å²) in [7, 11) is -3.78. The number of H-pyrrole nitrogens is 1. The molecule has 1 N–H and O–H groups in total. The van der Waals surface area contributed by atoms with Crippen LogP contribution in [0.15, 0.2) is 64.3 Å². The van der Waals surface area contributed by atoms with Crippen molar-refractivity contribution in [3.63, 3.8) is 0 Å². The lowest BCUT2D eigenvalue weighted by molar-refractivity contribution is -0.141. The first kappa shape index (κ1) is 23.5. The summed E-state index contributed by atoms with van der Waals surface area (Å²) in [6.45, 7) is 2.72. The van der Waals surface area contributed by atoms with Crippen LogP contribution in [0, 0.1) is 5.92 Å². The van der Waals surface area contributed by atoms with Gasteiger partial charge < -0.3 is 4.98 Å². The number of aromatic nitrogens is 1. The molecule has 0 aliphatic heterocycles. The van der Waals surface area contributed by atoms with Crippen LogP contribution in [0.5, 0.6) is 0 Å². The summed E-state index contributed by atoms with van der Waals surface area (Å²) in [6, 6.07) is 11.9. The molecule has 1 saturated carbocycles. The molecule has 176 valence electrons. The van der Waals surface area contributed by atoms with E-state index in [1.165, 1.54) is 58.9 Å². The van der Waals surface area contributed by atoms with Gasteiger partial charge in [0.05, 0.1) is 4.90 Å². The van der Waals surface area contributed by atoms with E-state index >= 15 is 0 Å². The van der Waals surface area contributed by atoms with Gasteiger partial charge in [0.15, 0.2) is 0 Å². The van der Waals surface area contributed by atoms with Crippen LogP contribution in [0.2, 0.25) is 0 Å². The number of nitrogens with zero attached hydrogens (tertiary/aromatic N) is 1. The molecule has 0 saturated heterocycles. The average Bonchev–Trinajstić information content (AvgIpc) is 3.57. The van der Waals surface area contributed by atoms with Crippen molar-refractivity contribution in [1.82, 2.24) is 9.29 Å². The van der Waals surface area contributed by atoms with E-state index in [4.69, 9.17) is 0 Å². The van der Waals surface area contributed by atoms with Gasteiger partial charge in [0, 0.05) is 24.7 Å². The number of hydrogen-bond acceptors (Lipinski definition) is 3. The van der Waals surface area contributed by atoms with Gasteiger partial charge in [-0.1, -0.05) is 25.1 Å². The smallest absolute Gasteiger partial charge is 0.322 e. The van der Waals surface area contributed by atoms with Crippen LogP contribution in [-0.2, 0) is 10.0 Å². The summed E-state index contributed by atoms with van der Waals surface area (Å²) in [4.78, 5) is 14.0. The lowest BCUT2D eigenvalue weighted by atomic mass is 9.90. The van der Waals surface area contributed by atoms with Gasteiger partial charge in [-0.05, 0) is 72.0 Å². The molecule has 3 aromatic rings. The number of pyridine rings is 1. The molecule has 1 fully saturated rings. The molecule has 9 heteroatoms. The van der Waals surface area contributed by atoms with Crippen molar-refractivity contribution in [2.75, 3.05) is 13.1 Å². The topological polar surface area (TPSA) is 70.2 Å². The first-order chi connectivity index (χ1) is 15.6. The molecule has 5 nitrogen and oxygen atoms in total. The summed E-state index contributed by atoms with van der Waals surface area (Å²) < 4.78 is 69.9. The fourth-order valence-corrected chi connectivity index (χ4v) is 5.66. The molecule has 1 heterocycles. The molecule has 1 unspecified atom stereocenters. The molecule has 1 aliphatic carbocycles. The molecular weight excluding hydrogens is 453 g/mol. The fraction of sp³-hybridized carbons (Fsp3) is 0.375. The maximum Gasteiger partial charge on any atom is 0.399 e. The van der Waals surface area contributed by atoms with Crippen molar-refractivity contribution < 1.29 is 21.6 Å². The third-order valence-electron chi connectivity index (χ3n) is 5.89. The van der Waals surface area contributed by atoms with Crippen molar-refractivity contribution >= 4 is 20.9 Å². The summed E-state index contributed by atoms with van der Waals surface area (Å²) in [6.07, 6.45) is -1.92. The van der Waals surface area contributed by atoms with Crippen LogP contribution in [-0.4, -0.2) is 37.0 Å². The van der Waals surface area contributed by atoms with Crippen LogP contribution in [0.1, 0.15) is 43.2 Å². The summed E-state index contributed by atoms with van der Waals surface area (Å²) in [5.41, 5.74) is 0.0759. The van der Waals surface area contributed by atoms with E-state index < -0.39 is 22.1 Å². The number of halogens is 3. The Bertz CT molecular complexity index is 1300. The highest BCUT2D eigenvalue weighted by atomic mass is 32.2. The largest absolute Gasteiger partial charge is 0.399 e. The Morgan fingerprint density at radius 2 is 1.70 bits per heavy atom. The SMILES string of the molecule is CCCN(CC1CC1)S(=O)(=O)c1ccc(C(c2ccc3[nH]c(=O)ccc3c2)C(F)(F)F)cc1. The maximum absolute atomic E-state index is 14.1. The molecule has 4 rings (SSSR count). The van der Waals surface area contributed by atoms with Crippen molar-refractivity contribution in [3.05, 3.63) is 76.1 Å². The van der Waals surface area contributed by atoms with Crippen LogP contribution in [0.4, 0.5) is 13.2 Å². The van der Waals surface area contributed by atoms with Gasteiger partial charge in [-0.3, -0.25) is 4.79 Å². The highest BCUT2D eigenvalue weighted by molar-refractivity contribution is 7.89. The van der Waals surface area contributed by atoms with E-state index in [1.54, 1.807) is 0 Å². The van der Waals surface area contributed by atoms with E-state index in [2.05, 4.69) is 4.98 Å². The predicted molar refractivity (Wildman–Crippen MR) is 121 cm³/mol. The molecule has 0 radical (unpaired) electrons. The average molecular weight is 479 g/mol. The molecule has 1 atom stereocenters. The van der Waals surface area contributed by atoms with Crippen molar-refractivity contribution in [2.45, 2.75) is 43.2 Å². The number of aromatic amines is 1. The quantitative estimate of drug-likeness (QED) is 0.494. The summed E-state index contributed by atoms with van der Waals surface area (Å²) >= 11 is 0. The first-order valence-corrected chi connectivity index (χ1v) is 12.3. The van der Waals surface area contributed by atoms with Gasteiger partial charge in [0.2, 0.25) is 15.6 Å². The lowest BCUT2D eigenvalue weighted by Crippen LogP contribution is -2.33. The maximum atomic E-state index is 14.1. The normalized spacial score (nSPS) is 15.8. The van der Waals surface area contributed by atoms with Crippen LogP contribution in [0.25, 0.3) is 10.9 Å². The Hall–Kier alpha value is -2.65. The highest BCUT2D eigenvalue weighted by Crippen LogP contribution is 2.41. The molecule has 33 heavy (non-hydrogen) atoms.